The molecular formula is C23H40IN5O3. The highest BCUT2D eigenvalue weighted by Crippen LogP contribution is 2.26. The minimum absolute atomic E-state index is 0. The average molecular weight is 562 g/mol. The summed E-state index contributed by atoms with van der Waals surface area (Å²) >= 11 is 0. The van der Waals surface area contributed by atoms with E-state index >= 15 is 0 Å². The molecule has 1 aliphatic heterocycles. The predicted octanol–water partition coefficient (Wildman–Crippen LogP) is 3.61. The molecule has 1 amide bonds. The zero-order valence-electron chi connectivity index (χ0n) is 20.4. The zero-order chi connectivity index (χ0) is 23.1. The predicted molar refractivity (Wildman–Crippen MR) is 142 cm³/mol. The monoisotopic (exact) mass is 561 g/mol. The van der Waals surface area contributed by atoms with Gasteiger partial charge in [-0.1, -0.05) is 6.07 Å². The molecule has 3 N–H and O–H groups in total. The van der Waals surface area contributed by atoms with E-state index in [4.69, 9.17) is 9.47 Å². The fraction of sp³-hybridized carbons (Fsp3) is 0.652. The van der Waals surface area contributed by atoms with Crippen molar-refractivity contribution in [3.63, 3.8) is 0 Å². The third-order valence-electron chi connectivity index (χ3n) is 5.02. The number of hydrogen-bond acceptors (Lipinski definition) is 5. The van der Waals surface area contributed by atoms with Crippen molar-refractivity contribution < 1.29 is 14.3 Å². The molecular weight excluding hydrogens is 521 g/mol. The number of nitrogens with one attached hydrogen (secondary N) is 3. The molecule has 1 unspecified atom stereocenters. The van der Waals surface area contributed by atoms with E-state index in [0.717, 1.165) is 37.8 Å². The molecule has 8 nitrogen and oxygen atoms in total. The molecule has 0 saturated carbocycles. The second kappa shape index (κ2) is 12.4. The second-order valence-electron chi connectivity index (χ2n) is 9.62. The summed E-state index contributed by atoms with van der Waals surface area (Å²) in [4.78, 5) is 18.8. The maximum Gasteiger partial charge on any atom is 0.408 e. The van der Waals surface area contributed by atoms with Gasteiger partial charge in [-0.05, 0) is 59.1 Å². The van der Waals surface area contributed by atoms with Gasteiger partial charge in [0.25, 0.3) is 0 Å². The van der Waals surface area contributed by atoms with Crippen molar-refractivity contribution in [1.29, 1.82) is 0 Å². The van der Waals surface area contributed by atoms with E-state index in [1.807, 2.05) is 46.8 Å². The van der Waals surface area contributed by atoms with Crippen molar-refractivity contribution in [2.24, 2.45) is 10.9 Å². The average Bonchev–Trinajstić information content (AvgIpc) is 3.15. The topological polar surface area (TPSA) is 87.2 Å². The van der Waals surface area contributed by atoms with Crippen molar-refractivity contribution in [2.75, 3.05) is 45.2 Å². The van der Waals surface area contributed by atoms with Crippen LogP contribution in [-0.4, -0.2) is 63.5 Å². The molecule has 0 spiro atoms. The standard InChI is InChI=1S/C23H39N5O3.HI/c1-22(2,3)31-21(29)27-23(4,5)16-26-20(24-6)25-14-17-11-12-28(15-17)18-9-8-10-19(13-18)30-7;/h8-10,13,17H,11-12,14-16H2,1-7H3,(H,27,29)(H2,24,25,26);1H. The molecule has 1 atom stereocenters. The summed E-state index contributed by atoms with van der Waals surface area (Å²) in [5.41, 5.74) is 0.182. The van der Waals surface area contributed by atoms with Crippen molar-refractivity contribution in [1.82, 2.24) is 16.0 Å². The van der Waals surface area contributed by atoms with Gasteiger partial charge in [-0.25, -0.2) is 4.79 Å². The highest BCUT2D eigenvalue weighted by molar-refractivity contribution is 14.0. The van der Waals surface area contributed by atoms with Crippen LogP contribution in [0.5, 0.6) is 5.75 Å². The fourth-order valence-electron chi connectivity index (χ4n) is 3.43. The Labute approximate surface area is 209 Å². The SMILES string of the molecule is CN=C(NCC1CCN(c2cccc(OC)c2)C1)NCC(C)(C)NC(=O)OC(C)(C)C.I. The molecule has 32 heavy (non-hydrogen) atoms. The van der Waals surface area contributed by atoms with E-state index in [1.165, 1.54) is 5.69 Å². The molecule has 182 valence electrons. The van der Waals surface area contributed by atoms with E-state index in [1.54, 1.807) is 14.2 Å². The Morgan fingerprint density at radius 2 is 1.94 bits per heavy atom. The maximum atomic E-state index is 12.1. The molecule has 0 aliphatic carbocycles. The summed E-state index contributed by atoms with van der Waals surface area (Å²) in [5.74, 6) is 2.13. The number of guanidine groups is 1. The van der Waals surface area contributed by atoms with Crippen LogP contribution in [0.2, 0.25) is 0 Å². The lowest BCUT2D eigenvalue weighted by atomic mass is 10.1. The number of methoxy groups -OCH3 is 1. The molecule has 1 aromatic carbocycles. The first-order valence-electron chi connectivity index (χ1n) is 10.9. The summed E-state index contributed by atoms with van der Waals surface area (Å²) < 4.78 is 10.7. The minimum atomic E-state index is -0.523. The van der Waals surface area contributed by atoms with Gasteiger partial charge in [-0.3, -0.25) is 4.99 Å². The lowest BCUT2D eigenvalue weighted by molar-refractivity contribution is 0.0474. The molecule has 0 aromatic heterocycles. The van der Waals surface area contributed by atoms with Crippen molar-refractivity contribution in [3.8, 4) is 5.75 Å². The van der Waals surface area contributed by atoms with Gasteiger partial charge in [0.1, 0.15) is 11.4 Å². The van der Waals surface area contributed by atoms with E-state index in [9.17, 15) is 4.79 Å². The Morgan fingerprint density at radius 3 is 2.56 bits per heavy atom. The molecule has 9 heteroatoms. The molecule has 1 aromatic rings. The number of ether oxygens (including phenoxy) is 2. The number of alkyl carbamates (subject to hydrolysis) is 1. The molecule has 0 radical (unpaired) electrons. The number of rotatable bonds is 7. The van der Waals surface area contributed by atoms with E-state index < -0.39 is 17.2 Å². The van der Waals surface area contributed by atoms with Gasteiger partial charge in [0.2, 0.25) is 0 Å². The van der Waals surface area contributed by atoms with Gasteiger partial charge in [0.05, 0.1) is 12.6 Å². The molecule has 1 heterocycles. The van der Waals surface area contributed by atoms with Crippen LogP contribution in [0.1, 0.15) is 41.0 Å². The van der Waals surface area contributed by atoms with Crippen LogP contribution in [0.3, 0.4) is 0 Å². The van der Waals surface area contributed by atoms with Gasteiger partial charge in [-0.2, -0.15) is 0 Å². The number of hydrogen-bond donors (Lipinski definition) is 3. The summed E-state index contributed by atoms with van der Waals surface area (Å²) in [7, 11) is 3.44. The van der Waals surface area contributed by atoms with Crippen molar-refractivity contribution in [3.05, 3.63) is 24.3 Å². The number of nitrogens with zero attached hydrogens (tertiary/aromatic N) is 2. The van der Waals surface area contributed by atoms with Gasteiger partial charge >= 0.3 is 6.09 Å². The highest BCUT2D eigenvalue weighted by Gasteiger charge is 2.26. The Bertz CT molecular complexity index is 764. The molecule has 0 bridgehead atoms. The van der Waals surface area contributed by atoms with Crippen molar-refractivity contribution >= 4 is 41.7 Å². The summed E-state index contributed by atoms with van der Waals surface area (Å²) in [6.45, 7) is 12.8. The van der Waals surface area contributed by atoms with Crippen LogP contribution in [0, 0.1) is 5.92 Å². The lowest BCUT2D eigenvalue weighted by Crippen LogP contribution is -2.54. The smallest absolute Gasteiger partial charge is 0.408 e. The quantitative estimate of drug-likeness (QED) is 0.268. The normalized spacial score (nSPS) is 16.8. The Hall–Kier alpha value is -1.91. The number of halogens is 1. The van der Waals surface area contributed by atoms with Crippen LogP contribution in [0.25, 0.3) is 0 Å². The first kappa shape index (κ1) is 28.1. The van der Waals surface area contributed by atoms with Gasteiger partial charge in [0, 0.05) is 45.0 Å². The maximum absolute atomic E-state index is 12.1. The van der Waals surface area contributed by atoms with Gasteiger partial charge < -0.3 is 30.3 Å². The number of amides is 1. The van der Waals surface area contributed by atoms with Crippen molar-refractivity contribution in [2.45, 2.75) is 52.2 Å². The highest BCUT2D eigenvalue weighted by atomic mass is 127. The number of benzene rings is 1. The molecule has 1 fully saturated rings. The van der Waals surface area contributed by atoms with Crippen LogP contribution < -0.4 is 25.6 Å². The van der Waals surface area contributed by atoms with Crippen LogP contribution in [-0.2, 0) is 4.74 Å². The van der Waals surface area contributed by atoms with Gasteiger partial charge in [0.15, 0.2) is 5.96 Å². The second-order valence-corrected chi connectivity index (χ2v) is 9.62. The van der Waals surface area contributed by atoms with E-state index in [0.29, 0.717) is 12.5 Å². The van der Waals surface area contributed by atoms with Crippen LogP contribution in [0.4, 0.5) is 10.5 Å². The lowest BCUT2D eigenvalue weighted by Gasteiger charge is -2.29. The first-order valence-corrected chi connectivity index (χ1v) is 10.9. The Morgan fingerprint density at radius 1 is 1.22 bits per heavy atom. The van der Waals surface area contributed by atoms with Gasteiger partial charge in [-0.15, -0.1) is 24.0 Å². The summed E-state index contributed by atoms with van der Waals surface area (Å²) in [6, 6.07) is 8.20. The van der Waals surface area contributed by atoms with E-state index in [-0.39, 0.29) is 24.0 Å². The Balaban J connectivity index is 0.00000512. The summed E-state index contributed by atoms with van der Waals surface area (Å²) in [6.07, 6.45) is 0.693. The third kappa shape index (κ3) is 9.70. The minimum Gasteiger partial charge on any atom is -0.497 e. The fourth-order valence-corrected chi connectivity index (χ4v) is 3.43. The number of anilines is 1. The molecule has 2 rings (SSSR count). The van der Waals surface area contributed by atoms with Crippen LogP contribution in [0.15, 0.2) is 29.3 Å². The molecule has 1 aliphatic rings. The summed E-state index contributed by atoms with van der Waals surface area (Å²) in [5, 5.41) is 9.61. The number of carbonyl (C=O) groups is 1. The molecule has 1 saturated heterocycles. The first-order chi connectivity index (χ1) is 14.5. The number of aliphatic imine (C=N–C) groups is 1. The largest absolute Gasteiger partial charge is 0.497 e. The Kier molecular flexibility index (Phi) is 10.9. The third-order valence-corrected chi connectivity index (χ3v) is 5.02. The van der Waals surface area contributed by atoms with Crippen LogP contribution >= 0.6 is 24.0 Å². The number of carbonyl (C=O) groups excluding carboxylic acids is 1. The van der Waals surface area contributed by atoms with E-state index in [2.05, 4.69) is 38.0 Å². The zero-order valence-corrected chi connectivity index (χ0v) is 22.8.